The molecule has 0 radical (unpaired) electrons. The fourth-order valence-electron chi connectivity index (χ4n) is 5.44. The molecule has 1 amide bonds. The van der Waals surface area contributed by atoms with Crippen molar-refractivity contribution in [2.45, 2.75) is 11.8 Å². The molecule has 0 bridgehead atoms. The molecule has 8 rings (SSSR count). The molecular weight excluding hydrogens is 636 g/mol. The molecule has 0 atom stereocenters. The molecule has 4 aromatic heterocycles. The van der Waals surface area contributed by atoms with E-state index >= 15 is 4.39 Å². The lowest BCUT2D eigenvalue weighted by Crippen LogP contribution is -2.21. The highest BCUT2D eigenvalue weighted by Crippen LogP contribution is 2.54. The van der Waals surface area contributed by atoms with E-state index in [2.05, 4.69) is 41.3 Å². The van der Waals surface area contributed by atoms with E-state index in [-0.39, 0.29) is 22.8 Å². The summed E-state index contributed by atoms with van der Waals surface area (Å²) in [5.41, 5.74) is 2.37. The number of anilines is 4. The van der Waals surface area contributed by atoms with Gasteiger partial charge in [-0.05, 0) is 42.6 Å². The number of terminal acetylenes is 1. The van der Waals surface area contributed by atoms with Crippen LogP contribution in [0.5, 0.6) is 6.01 Å². The summed E-state index contributed by atoms with van der Waals surface area (Å²) in [6.07, 6.45) is 12.3. The highest BCUT2D eigenvalue weighted by Gasteiger charge is 2.35. The van der Waals surface area contributed by atoms with E-state index in [1.54, 1.807) is 71.0 Å². The first-order valence-electron chi connectivity index (χ1n) is 14.5. The topological polar surface area (TPSA) is 127 Å². The third-order valence-electron chi connectivity index (χ3n) is 7.64. The number of nitrogens with zero attached hydrogens (tertiary/aromatic N) is 7. The van der Waals surface area contributed by atoms with Crippen LogP contribution in [0.25, 0.3) is 32.9 Å². The van der Waals surface area contributed by atoms with Crippen molar-refractivity contribution in [2.75, 3.05) is 16.8 Å². The molecular formula is C34H21F2N9O2S. The van der Waals surface area contributed by atoms with Crippen molar-refractivity contribution < 1.29 is 18.3 Å². The quantitative estimate of drug-likeness (QED) is 0.136. The smallest absolute Gasteiger partial charge is 0.319 e. The number of carbonyl (C=O) groups is 1. The van der Waals surface area contributed by atoms with Crippen molar-refractivity contribution in [3.63, 3.8) is 0 Å². The van der Waals surface area contributed by atoms with E-state index in [1.165, 1.54) is 24.2 Å². The Hall–Kier alpha value is -6.33. The molecule has 48 heavy (non-hydrogen) atoms. The van der Waals surface area contributed by atoms with E-state index in [9.17, 15) is 9.18 Å². The summed E-state index contributed by atoms with van der Waals surface area (Å²) < 4.78 is 38.6. The van der Waals surface area contributed by atoms with Crippen molar-refractivity contribution in [2.24, 2.45) is 0 Å². The highest BCUT2D eigenvalue weighted by molar-refractivity contribution is 7.97. The van der Waals surface area contributed by atoms with Crippen molar-refractivity contribution in [3.8, 4) is 29.6 Å². The summed E-state index contributed by atoms with van der Waals surface area (Å²) >= 11 is 1.38. The van der Waals surface area contributed by atoms with Crippen LogP contribution in [0.15, 0.2) is 84.4 Å². The number of H-pyrrole nitrogens is 1. The van der Waals surface area contributed by atoms with Gasteiger partial charge in [-0.15, -0.1) is 11.5 Å². The fourth-order valence-corrected chi connectivity index (χ4v) is 6.17. The number of fused-ring (bicyclic) bond motifs is 3. The molecule has 2 N–H and O–H groups in total. The summed E-state index contributed by atoms with van der Waals surface area (Å²) in [5, 5.41) is 8.31. The zero-order valence-corrected chi connectivity index (χ0v) is 25.7. The number of benzene rings is 3. The Balaban J connectivity index is 1.10. The molecule has 0 unspecified atom stereocenters. The number of nitrogens with one attached hydrogen (secondary N) is 2. The molecule has 5 heterocycles. The number of hydrogen-bond acceptors (Lipinski definition) is 9. The molecule has 1 aliphatic heterocycles. The molecule has 14 heteroatoms. The Bertz CT molecular complexity index is 2440. The predicted molar refractivity (Wildman–Crippen MR) is 177 cm³/mol. The number of halogens is 2. The fraction of sp³-hybridized carbons (Fsp3) is 0.0588. The Morgan fingerprint density at radius 2 is 1.88 bits per heavy atom. The molecule has 3 aromatic carbocycles. The summed E-state index contributed by atoms with van der Waals surface area (Å²) in [5.74, 6) is 1.53. The first-order chi connectivity index (χ1) is 23.4. The van der Waals surface area contributed by atoms with Gasteiger partial charge in [-0.1, -0.05) is 30.2 Å². The molecule has 0 spiro atoms. The van der Waals surface area contributed by atoms with Gasteiger partial charge in [-0.3, -0.25) is 14.7 Å². The Labute approximate surface area is 275 Å². The van der Waals surface area contributed by atoms with Crippen LogP contribution in [0, 0.1) is 30.9 Å². The lowest BCUT2D eigenvalue weighted by Gasteiger charge is -2.14. The van der Waals surface area contributed by atoms with Crippen LogP contribution in [0.3, 0.4) is 0 Å². The lowest BCUT2D eigenvalue weighted by molar-refractivity contribution is -0.118. The summed E-state index contributed by atoms with van der Waals surface area (Å²) in [7, 11) is 0. The Morgan fingerprint density at radius 1 is 1.06 bits per heavy atom. The average Bonchev–Trinajstić information content (AvgIpc) is 3.34. The van der Waals surface area contributed by atoms with Gasteiger partial charge in [0.15, 0.2) is 18.2 Å². The number of aryl methyl sites for hydroxylation is 1. The second kappa shape index (κ2) is 11.5. The molecule has 0 saturated heterocycles. The van der Waals surface area contributed by atoms with Crippen molar-refractivity contribution >= 4 is 62.4 Å². The van der Waals surface area contributed by atoms with Gasteiger partial charge in [-0.25, -0.2) is 13.8 Å². The number of hydrogen-bond donors (Lipinski definition) is 2. The number of rotatable bonds is 8. The van der Waals surface area contributed by atoms with Crippen LogP contribution >= 0.6 is 11.9 Å². The summed E-state index contributed by atoms with van der Waals surface area (Å²) in [4.78, 5) is 35.9. The van der Waals surface area contributed by atoms with Crippen LogP contribution < -0.4 is 15.0 Å². The van der Waals surface area contributed by atoms with E-state index in [1.807, 2.05) is 12.1 Å². The number of amides is 1. The predicted octanol–water partition coefficient (Wildman–Crippen LogP) is 6.69. The SMILES string of the molecule is C#Cc1c(F)ccc2cccc(-c3ncc4c(N5c6c[nH]cc65)nc(OCC(=O)Nc5ccc(Sn6cnc(C)n6)cc5)nc4c3F)c12. The largest absolute Gasteiger partial charge is 0.453 e. The third-order valence-corrected chi connectivity index (χ3v) is 8.49. The maximum Gasteiger partial charge on any atom is 0.319 e. The molecule has 0 fully saturated rings. The van der Waals surface area contributed by atoms with Gasteiger partial charge in [0.05, 0.1) is 22.3 Å². The second-order valence-corrected chi connectivity index (χ2v) is 11.7. The highest BCUT2D eigenvalue weighted by atomic mass is 32.2. The van der Waals surface area contributed by atoms with Crippen LogP contribution in [-0.2, 0) is 4.79 Å². The van der Waals surface area contributed by atoms with Crippen LogP contribution in [-0.4, -0.2) is 46.6 Å². The van der Waals surface area contributed by atoms with E-state index in [0.29, 0.717) is 39.1 Å². The van der Waals surface area contributed by atoms with Crippen LogP contribution in [0.1, 0.15) is 11.4 Å². The van der Waals surface area contributed by atoms with Gasteiger partial charge < -0.3 is 15.0 Å². The molecule has 11 nitrogen and oxygen atoms in total. The van der Waals surface area contributed by atoms with Crippen molar-refractivity contribution in [1.29, 1.82) is 0 Å². The van der Waals surface area contributed by atoms with Crippen molar-refractivity contribution in [1.82, 2.24) is 34.1 Å². The summed E-state index contributed by atoms with van der Waals surface area (Å²) in [6, 6.07) is 14.9. The van der Waals surface area contributed by atoms with E-state index in [4.69, 9.17) is 11.2 Å². The van der Waals surface area contributed by atoms with Crippen LogP contribution in [0.2, 0.25) is 0 Å². The van der Waals surface area contributed by atoms with Gasteiger partial charge in [0.1, 0.15) is 29.2 Å². The maximum atomic E-state index is 16.5. The molecule has 0 aliphatic carbocycles. The average molecular weight is 658 g/mol. The zero-order chi connectivity index (χ0) is 32.9. The summed E-state index contributed by atoms with van der Waals surface area (Å²) in [6.45, 7) is 1.36. The van der Waals surface area contributed by atoms with Gasteiger partial charge in [-0.2, -0.15) is 14.1 Å². The number of aromatic nitrogens is 7. The number of carbonyl (C=O) groups excluding carboxylic acids is 1. The minimum atomic E-state index is -0.780. The normalized spacial score (nSPS) is 11.8. The molecule has 1 aliphatic rings. The lowest BCUT2D eigenvalue weighted by atomic mass is 9.96. The van der Waals surface area contributed by atoms with E-state index < -0.39 is 24.1 Å². The Morgan fingerprint density at radius 3 is 2.62 bits per heavy atom. The minimum Gasteiger partial charge on any atom is -0.453 e. The monoisotopic (exact) mass is 657 g/mol. The maximum absolute atomic E-state index is 16.5. The number of pyridine rings is 1. The first kappa shape index (κ1) is 29.1. The van der Waals surface area contributed by atoms with Gasteiger partial charge in [0.25, 0.3) is 5.91 Å². The number of aromatic amines is 1. The Kier molecular flexibility index (Phi) is 6.96. The molecule has 0 saturated carbocycles. The van der Waals surface area contributed by atoms with Crippen LogP contribution in [0.4, 0.5) is 31.7 Å². The van der Waals surface area contributed by atoms with E-state index in [0.717, 1.165) is 16.3 Å². The van der Waals surface area contributed by atoms with Gasteiger partial charge in [0, 0.05) is 52.1 Å². The van der Waals surface area contributed by atoms with Gasteiger partial charge >= 0.3 is 6.01 Å². The standard InChI is InChI=1S/C34H21F2N9O2S/c1-3-22-25(35)12-7-19-5-4-6-23(29(19)22)31-30(36)32-24(13-38-31)33(45-26-14-37-15-27(26)45)42-34(41-32)47-16-28(46)40-20-8-10-21(11-9-20)48-44-17-39-18(2)43-44/h1,4-15,17,37H,16H2,2H3,(H,40,46). The molecule has 234 valence electrons. The molecule has 7 aromatic rings. The van der Waals surface area contributed by atoms with Crippen molar-refractivity contribution in [3.05, 3.63) is 103 Å². The minimum absolute atomic E-state index is 0.00443. The second-order valence-electron chi connectivity index (χ2n) is 10.7. The van der Waals surface area contributed by atoms with Gasteiger partial charge in [0.2, 0.25) is 0 Å². The first-order valence-corrected chi connectivity index (χ1v) is 15.3. The number of ether oxygens (including phenoxy) is 1. The third kappa shape index (κ3) is 5.12. The zero-order valence-electron chi connectivity index (χ0n) is 24.9.